The van der Waals surface area contributed by atoms with E-state index in [4.69, 9.17) is 4.99 Å². The van der Waals surface area contributed by atoms with Crippen molar-refractivity contribution in [2.75, 3.05) is 18.8 Å². The number of amides is 1. The van der Waals surface area contributed by atoms with Crippen molar-refractivity contribution < 1.29 is 13.4 Å². The van der Waals surface area contributed by atoms with Gasteiger partial charge < -0.3 is 0 Å². The molecule has 1 amide bonds. The van der Waals surface area contributed by atoms with Crippen molar-refractivity contribution >= 4 is 21.8 Å². The Bertz CT molecular complexity index is 1080. The molecule has 0 unspecified atom stereocenters. The van der Waals surface area contributed by atoms with Crippen LogP contribution in [-0.4, -0.2) is 39.2 Å². The number of rotatable bonds is 2. The Morgan fingerprint density at radius 2 is 1.86 bits per heavy atom. The number of benzene rings is 2. The summed E-state index contributed by atoms with van der Waals surface area (Å²) in [6.07, 6.45) is 1.60. The van der Waals surface area contributed by atoms with Crippen LogP contribution in [0.2, 0.25) is 0 Å². The average molecular weight is 415 g/mol. The average Bonchev–Trinajstić information content (AvgIpc) is 2.90. The van der Waals surface area contributed by atoms with E-state index in [1.54, 1.807) is 53.7 Å². The molecular formula is C21H23FN4O2S. The zero-order valence-electron chi connectivity index (χ0n) is 16.2. The fourth-order valence-corrected chi connectivity index (χ4v) is 6.25. The standard InChI is InChI=1S/C21H23FN4O2S/c1-21(17-11-5-6-12-18(17)22)15-29(28)23-13-7-8-14-26(29)20(25-21)24-19(27)16-9-3-2-4-10-16/h2-6,9-12H,7-8,13-15H2,1H3,(H,24,25,27)/t21-,29+/m0/s1. The predicted molar refractivity (Wildman–Crippen MR) is 111 cm³/mol. The molecule has 2 aromatic rings. The molecule has 0 radical (unpaired) electrons. The molecule has 4 rings (SSSR count). The maximum Gasteiger partial charge on any atom is 0.257 e. The smallest absolute Gasteiger partial charge is 0.257 e. The minimum atomic E-state index is -2.87. The van der Waals surface area contributed by atoms with Gasteiger partial charge in [0.05, 0.1) is 12.3 Å². The van der Waals surface area contributed by atoms with Crippen LogP contribution in [0.25, 0.3) is 0 Å². The number of carbonyl (C=O) groups excluding carboxylic acids is 1. The maximum atomic E-state index is 14.6. The normalized spacial score (nSPS) is 26.6. The number of carbonyl (C=O) groups is 1. The molecule has 2 aliphatic rings. The summed E-state index contributed by atoms with van der Waals surface area (Å²) in [5, 5.41) is 2.81. The highest BCUT2D eigenvalue weighted by Gasteiger charge is 2.43. The fourth-order valence-electron chi connectivity index (χ4n) is 3.73. The summed E-state index contributed by atoms with van der Waals surface area (Å²) in [5.74, 6) is -0.511. The first kappa shape index (κ1) is 19.6. The van der Waals surface area contributed by atoms with Crippen LogP contribution >= 0.6 is 0 Å². The lowest BCUT2D eigenvalue weighted by Crippen LogP contribution is -2.55. The number of hydrogen-bond donors (Lipinski definition) is 1. The lowest BCUT2D eigenvalue weighted by molar-refractivity contribution is 0.0973. The number of nitrogens with zero attached hydrogens (tertiary/aromatic N) is 3. The van der Waals surface area contributed by atoms with Gasteiger partial charge in [-0.15, -0.1) is 0 Å². The van der Waals surface area contributed by atoms with E-state index < -0.39 is 21.3 Å². The van der Waals surface area contributed by atoms with Crippen LogP contribution in [0.1, 0.15) is 35.7 Å². The van der Waals surface area contributed by atoms with Crippen molar-refractivity contribution in [2.45, 2.75) is 25.3 Å². The molecule has 2 heterocycles. The number of aliphatic imine (C=N–C) groups is 1. The van der Waals surface area contributed by atoms with E-state index in [1.807, 2.05) is 6.07 Å². The van der Waals surface area contributed by atoms with E-state index in [1.165, 1.54) is 6.07 Å². The molecule has 2 aromatic carbocycles. The van der Waals surface area contributed by atoms with Crippen LogP contribution in [0.3, 0.4) is 0 Å². The molecule has 8 heteroatoms. The van der Waals surface area contributed by atoms with E-state index in [-0.39, 0.29) is 17.6 Å². The Kier molecular flexibility index (Phi) is 5.12. The number of nitrogens with one attached hydrogen (secondary N) is 1. The zero-order chi connectivity index (χ0) is 20.5. The van der Waals surface area contributed by atoms with Crippen LogP contribution in [0.5, 0.6) is 0 Å². The van der Waals surface area contributed by atoms with Gasteiger partial charge in [-0.05, 0) is 38.0 Å². The molecule has 2 atom stereocenters. The quantitative estimate of drug-likeness (QED) is 0.819. The third-order valence-electron chi connectivity index (χ3n) is 5.18. The van der Waals surface area contributed by atoms with Gasteiger partial charge in [-0.2, -0.15) is 0 Å². The Morgan fingerprint density at radius 3 is 2.62 bits per heavy atom. The van der Waals surface area contributed by atoms with Gasteiger partial charge in [-0.25, -0.2) is 18.0 Å². The van der Waals surface area contributed by atoms with Gasteiger partial charge in [0.25, 0.3) is 5.91 Å². The van der Waals surface area contributed by atoms with Crippen molar-refractivity contribution in [3.05, 3.63) is 71.5 Å². The summed E-state index contributed by atoms with van der Waals surface area (Å²) in [7, 11) is -2.87. The van der Waals surface area contributed by atoms with Crippen molar-refractivity contribution in [1.82, 2.24) is 9.62 Å². The van der Waals surface area contributed by atoms with Crippen molar-refractivity contribution in [3.63, 3.8) is 0 Å². The molecule has 0 fully saturated rings. The highest BCUT2D eigenvalue weighted by molar-refractivity contribution is 7.92. The molecule has 0 spiro atoms. The minimum absolute atomic E-state index is 0.0750. The summed E-state index contributed by atoms with van der Waals surface area (Å²) in [5.41, 5.74) is -0.300. The number of fused-ring (bicyclic) bond motifs is 1. The lowest BCUT2D eigenvalue weighted by atomic mass is 9.94. The third kappa shape index (κ3) is 3.76. The molecular weight excluding hydrogens is 391 g/mol. The predicted octanol–water partition coefficient (Wildman–Crippen LogP) is 3.32. The van der Waals surface area contributed by atoms with Crippen LogP contribution < -0.4 is 5.32 Å². The SMILES string of the molecule is C[C@@]1(c2ccccc2F)C[S@@]2(=O)=NCCCCN2C(NC(=O)c2ccccc2)=N1. The van der Waals surface area contributed by atoms with Gasteiger partial charge in [0, 0.05) is 17.7 Å². The first-order valence-electron chi connectivity index (χ1n) is 9.61. The Labute approximate surface area is 170 Å². The van der Waals surface area contributed by atoms with Crippen LogP contribution in [0.15, 0.2) is 64.0 Å². The number of halogens is 1. The van der Waals surface area contributed by atoms with Crippen molar-refractivity contribution in [3.8, 4) is 0 Å². The minimum Gasteiger partial charge on any atom is -0.292 e. The molecule has 0 aliphatic carbocycles. The van der Waals surface area contributed by atoms with Crippen molar-refractivity contribution in [1.29, 1.82) is 0 Å². The summed E-state index contributed by atoms with van der Waals surface area (Å²) in [4.78, 5) is 17.5. The third-order valence-corrected chi connectivity index (χ3v) is 7.75. The van der Waals surface area contributed by atoms with Gasteiger partial charge >= 0.3 is 0 Å². The monoisotopic (exact) mass is 414 g/mol. The summed E-state index contributed by atoms with van der Waals surface area (Å²) in [6, 6.07) is 15.1. The Morgan fingerprint density at radius 1 is 1.14 bits per heavy atom. The van der Waals surface area contributed by atoms with Crippen molar-refractivity contribution in [2.24, 2.45) is 9.36 Å². The maximum absolute atomic E-state index is 14.6. The van der Waals surface area contributed by atoms with Gasteiger partial charge in [-0.1, -0.05) is 36.4 Å². The molecule has 152 valence electrons. The molecule has 2 aliphatic heterocycles. The fraction of sp³-hybridized carbons (Fsp3) is 0.333. The molecule has 29 heavy (non-hydrogen) atoms. The summed E-state index contributed by atoms with van der Waals surface area (Å²) in [6.45, 7) is 2.69. The lowest BCUT2D eigenvalue weighted by Gasteiger charge is -2.39. The van der Waals surface area contributed by atoms with Gasteiger partial charge in [0.15, 0.2) is 0 Å². The molecule has 6 nitrogen and oxygen atoms in total. The van der Waals surface area contributed by atoms with Crippen LogP contribution in [0.4, 0.5) is 4.39 Å². The highest BCUT2D eigenvalue weighted by atomic mass is 32.2. The van der Waals surface area contributed by atoms with Gasteiger partial charge in [0.1, 0.15) is 21.3 Å². The van der Waals surface area contributed by atoms with Gasteiger partial charge in [-0.3, -0.25) is 14.4 Å². The molecule has 0 bridgehead atoms. The topological polar surface area (TPSA) is 74.1 Å². The second-order valence-electron chi connectivity index (χ2n) is 7.42. The highest BCUT2D eigenvalue weighted by Crippen LogP contribution is 2.35. The van der Waals surface area contributed by atoms with E-state index in [2.05, 4.69) is 9.68 Å². The van der Waals surface area contributed by atoms with Gasteiger partial charge in [0.2, 0.25) is 5.96 Å². The first-order valence-corrected chi connectivity index (χ1v) is 11.2. The molecule has 0 saturated heterocycles. The van der Waals surface area contributed by atoms with E-state index in [9.17, 15) is 13.4 Å². The Hall–Kier alpha value is -2.74. The van der Waals surface area contributed by atoms with E-state index >= 15 is 0 Å². The molecule has 0 aromatic heterocycles. The van der Waals surface area contributed by atoms with Crippen LogP contribution in [0, 0.1) is 5.82 Å². The number of hydrogen-bond acceptors (Lipinski definition) is 4. The second-order valence-corrected chi connectivity index (χ2v) is 9.62. The first-order chi connectivity index (χ1) is 13.9. The van der Waals surface area contributed by atoms with Crippen LogP contribution in [-0.2, 0) is 15.5 Å². The summed E-state index contributed by atoms with van der Waals surface area (Å²) < 4.78 is 34.5. The van der Waals surface area contributed by atoms with E-state index in [0.717, 1.165) is 12.8 Å². The zero-order valence-corrected chi connectivity index (χ0v) is 17.0. The van der Waals surface area contributed by atoms with E-state index in [0.29, 0.717) is 24.2 Å². The second kappa shape index (κ2) is 7.59. The number of guanidine groups is 1. The Balaban J connectivity index is 1.81. The molecule has 0 saturated carbocycles. The summed E-state index contributed by atoms with van der Waals surface area (Å²) >= 11 is 0. The largest absolute Gasteiger partial charge is 0.292 e. The molecule has 1 N–H and O–H groups in total.